The predicted octanol–water partition coefficient (Wildman–Crippen LogP) is 3.87. The summed E-state index contributed by atoms with van der Waals surface area (Å²) in [6.45, 7) is 3.94. The summed E-state index contributed by atoms with van der Waals surface area (Å²) >= 11 is 0. The van der Waals surface area contributed by atoms with Crippen molar-refractivity contribution >= 4 is 12.0 Å². The number of nitrogens with zero attached hydrogens (tertiary/aromatic N) is 4. The molecule has 0 saturated carbocycles. The molecule has 1 unspecified atom stereocenters. The first-order valence-corrected chi connectivity index (χ1v) is 10.2. The maximum atomic E-state index is 14.7. The molecule has 0 aliphatic carbocycles. The van der Waals surface area contributed by atoms with Crippen LogP contribution in [0.3, 0.4) is 0 Å². The highest BCUT2D eigenvalue weighted by Crippen LogP contribution is 2.43. The van der Waals surface area contributed by atoms with Gasteiger partial charge in [-0.3, -0.25) is 4.79 Å². The Kier molecular flexibility index (Phi) is 6.86. The van der Waals surface area contributed by atoms with E-state index in [2.05, 4.69) is 10.2 Å². The van der Waals surface area contributed by atoms with Crippen LogP contribution >= 0.6 is 0 Å². The van der Waals surface area contributed by atoms with Gasteiger partial charge in [0.1, 0.15) is 11.6 Å². The molecule has 2 aromatic rings. The van der Waals surface area contributed by atoms with E-state index in [1.807, 2.05) is 0 Å². The van der Waals surface area contributed by atoms with Crippen molar-refractivity contribution < 1.29 is 40.7 Å². The third-order valence-corrected chi connectivity index (χ3v) is 5.30. The molecule has 1 aliphatic heterocycles. The normalized spacial score (nSPS) is 15.6. The third-order valence-electron chi connectivity index (χ3n) is 5.30. The van der Waals surface area contributed by atoms with Gasteiger partial charge in [0.15, 0.2) is 17.5 Å². The molecule has 0 spiro atoms. The fourth-order valence-electron chi connectivity index (χ4n) is 3.86. The Morgan fingerprint density at radius 2 is 1.69 bits per heavy atom. The number of halogens is 6. The third kappa shape index (κ3) is 5.57. The van der Waals surface area contributed by atoms with E-state index in [1.165, 1.54) is 0 Å². The molecule has 2 amide bonds. The Balaban J connectivity index is 2.00. The molecule has 14 heteroatoms. The summed E-state index contributed by atoms with van der Waals surface area (Å²) in [5, 5.41) is 6.61. The van der Waals surface area contributed by atoms with Crippen molar-refractivity contribution in [2.24, 2.45) is 11.1 Å². The molecular formula is C21H21F6N5O3. The van der Waals surface area contributed by atoms with Crippen molar-refractivity contribution in [3.8, 4) is 0 Å². The summed E-state index contributed by atoms with van der Waals surface area (Å²) in [6.07, 6.45) is -5.26. The quantitative estimate of drug-likeness (QED) is 0.294. The zero-order chi connectivity index (χ0) is 26.3. The molecule has 0 bridgehead atoms. The van der Waals surface area contributed by atoms with Crippen molar-refractivity contribution in [3.05, 3.63) is 58.6 Å². The van der Waals surface area contributed by atoms with Gasteiger partial charge in [-0.25, -0.2) is 18.0 Å². The molecule has 1 aliphatic rings. The van der Waals surface area contributed by atoms with Gasteiger partial charge in [0.05, 0.1) is 12.5 Å². The maximum absolute atomic E-state index is 14.7. The number of hydrogen-bond acceptors (Lipinski definition) is 5. The van der Waals surface area contributed by atoms with Crippen LogP contribution in [0, 0.1) is 22.9 Å². The van der Waals surface area contributed by atoms with Crippen molar-refractivity contribution in [1.82, 2.24) is 19.7 Å². The summed E-state index contributed by atoms with van der Waals surface area (Å²) in [7, 11) is 0. The first-order chi connectivity index (χ1) is 16.1. The van der Waals surface area contributed by atoms with E-state index in [4.69, 9.17) is 10.5 Å². The number of benzene rings is 1. The number of fused-ring (bicyclic) bond motifs is 1. The molecule has 2 heterocycles. The highest BCUT2D eigenvalue weighted by molar-refractivity contribution is 5.88. The van der Waals surface area contributed by atoms with Crippen molar-refractivity contribution in [3.63, 3.8) is 0 Å². The smallest absolute Gasteiger partial charge is 0.414 e. The van der Waals surface area contributed by atoms with E-state index in [0.717, 1.165) is 15.5 Å². The molecule has 0 fully saturated rings. The lowest BCUT2D eigenvalue weighted by atomic mass is 9.74. The summed E-state index contributed by atoms with van der Waals surface area (Å²) in [5.74, 6) is -7.83. The summed E-state index contributed by atoms with van der Waals surface area (Å²) < 4.78 is 87.1. The monoisotopic (exact) mass is 505 g/mol. The van der Waals surface area contributed by atoms with Crippen molar-refractivity contribution in [1.29, 1.82) is 0 Å². The van der Waals surface area contributed by atoms with Crippen molar-refractivity contribution in [2.75, 3.05) is 6.54 Å². The fraction of sp³-hybridized carbons (Fsp3) is 0.429. The molecule has 8 nitrogen and oxygen atoms in total. The molecule has 0 saturated heterocycles. The number of rotatable bonds is 4. The summed E-state index contributed by atoms with van der Waals surface area (Å²) in [4.78, 5) is 25.7. The summed E-state index contributed by atoms with van der Waals surface area (Å²) in [6, 6.07) is 0.911. The van der Waals surface area contributed by atoms with Crippen LogP contribution in [0.5, 0.6) is 0 Å². The Bertz CT molecular complexity index is 1190. The Hall–Kier alpha value is -3.58. The molecule has 1 aromatic carbocycles. The van der Waals surface area contributed by atoms with E-state index < -0.39 is 64.1 Å². The Labute approximate surface area is 195 Å². The predicted molar refractivity (Wildman–Crippen MR) is 108 cm³/mol. The Morgan fingerprint density at radius 1 is 1.06 bits per heavy atom. The van der Waals surface area contributed by atoms with E-state index in [0.29, 0.717) is 12.1 Å². The largest absolute Gasteiger partial charge is 0.451 e. The van der Waals surface area contributed by atoms with Gasteiger partial charge >= 0.3 is 12.3 Å². The minimum Gasteiger partial charge on any atom is -0.414 e. The van der Waals surface area contributed by atoms with Gasteiger partial charge in [-0.15, -0.1) is 10.2 Å². The maximum Gasteiger partial charge on any atom is 0.451 e. The van der Waals surface area contributed by atoms with Crippen LogP contribution < -0.4 is 5.73 Å². The zero-order valence-corrected chi connectivity index (χ0v) is 18.8. The van der Waals surface area contributed by atoms with Gasteiger partial charge in [-0.2, -0.15) is 13.2 Å². The highest BCUT2D eigenvalue weighted by atomic mass is 19.4. The van der Waals surface area contributed by atoms with Crippen LogP contribution in [0.4, 0.5) is 31.1 Å². The highest BCUT2D eigenvalue weighted by Gasteiger charge is 2.40. The second-order valence-electron chi connectivity index (χ2n) is 8.90. The number of amides is 2. The number of carbonyl (C=O) groups is 2. The number of ether oxygens (including phenoxy) is 1. The van der Waals surface area contributed by atoms with Crippen LogP contribution in [-0.2, 0) is 28.8 Å². The molecule has 35 heavy (non-hydrogen) atoms. The number of primary amides is 1. The SMILES string of the molecule is CC(C)(C)C(/C(=C/C(=O)N1CCn2c(nnc2C(F)(F)F)C1)OC(N)=O)c1cc(F)c(F)cc1F. The lowest BCUT2D eigenvalue weighted by Gasteiger charge is -2.33. The van der Waals surface area contributed by atoms with Crippen LogP contribution in [0.25, 0.3) is 0 Å². The van der Waals surface area contributed by atoms with E-state index >= 15 is 0 Å². The number of carbonyl (C=O) groups excluding carboxylic acids is 2. The molecule has 1 aromatic heterocycles. The van der Waals surface area contributed by atoms with E-state index in [1.54, 1.807) is 20.8 Å². The lowest BCUT2D eigenvalue weighted by molar-refractivity contribution is -0.148. The van der Waals surface area contributed by atoms with Gasteiger partial charge in [0.2, 0.25) is 11.7 Å². The zero-order valence-electron chi connectivity index (χ0n) is 18.8. The number of allylic oxidation sites excluding steroid dienone is 1. The van der Waals surface area contributed by atoms with E-state index in [-0.39, 0.29) is 25.5 Å². The van der Waals surface area contributed by atoms with Gasteiger partial charge < -0.3 is 19.9 Å². The lowest BCUT2D eigenvalue weighted by Crippen LogP contribution is -2.39. The average Bonchev–Trinajstić information content (AvgIpc) is 3.14. The number of aromatic nitrogens is 3. The standard InChI is InChI=1S/C21H21F6N5O3/c1-20(2,3)17(10-6-12(23)13(24)7-11(10)22)14(35-19(28)34)8-16(33)31-4-5-32-15(9-31)29-30-18(32)21(25,26)27/h6-8,17H,4-5,9H2,1-3H3,(H2,28,34)/b14-8-. The Morgan fingerprint density at radius 3 is 2.26 bits per heavy atom. The molecule has 1 atom stereocenters. The number of nitrogens with two attached hydrogens (primary N) is 1. The topological polar surface area (TPSA) is 103 Å². The first kappa shape index (κ1) is 26.0. The minimum absolute atomic E-state index is 0.123. The molecular weight excluding hydrogens is 484 g/mol. The molecule has 3 rings (SSSR count). The fourth-order valence-corrected chi connectivity index (χ4v) is 3.86. The van der Waals surface area contributed by atoms with E-state index in [9.17, 15) is 35.9 Å². The second-order valence-corrected chi connectivity index (χ2v) is 8.90. The number of alkyl halides is 3. The van der Waals surface area contributed by atoms with Crippen LogP contribution in [0.1, 0.15) is 43.9 Å². The van der Waals surface area contributed by atoms with Crippen molar-refractivity contribution in [2.45, 2.75) is 46.0 Å². The van der Waals surface area contributed by atoms with Gasteiger partial charge in [-0.1, -0.05) is 20.8 Å². The molecule has 0 radical (unpaired) electrons. The number of hydrogen-bond donors (Lipinski definition) is 1. The van der Waals surface area contributed by atoms with Crippen LogP contribution in [-0.4, -0.2) is 38.2 Å². The second kappa shape index (κ2) is 9.23. The first-order valence-electron chi connectivity index (χ1n) is 10.2. The van der Waals surface area contributed by atoms with Crippen LogP contribution in [0.2, 0.25) is 0 Å². The van der Waals surface area contributed by atoms with Crippen LogP contribution in [0.15, 0.2) is 24.0 Å². The minimum atomic E-state index is -4.73. The van der Waals surface area contributed by atoms with Gasteiger partial charge in [-0.05, 0) is 11.5 Å². The molecule has 190 valence electrons. The average molecular weight is 505 g/mol. The van der Waals surface area contributed by atoms with Gasteiger partial charge in [0.25, 0.3) is 0 Å². The van der Waals surface area contributed by atoms with Gasteiger partial charge in [0, 0.05) is 30.8 Å². The molecule has 2 N–H and O–H groups in total. The summed E-state index contributed by atoms with van der Waals surface area (Å²) in [5.41, 5.74) is 3.72.